The standard InChI is InChI=1S/C22H21N5O2/c1-29-17-6-4-5-15(11-17)19-12-20(25-24-19)22(28)26-10-9-16(13-26)27-14-23-18-7-2-3-8-21(18)27/h2-8,11-12,14,16H,9-10,13H2,1H3,(H,24,25)/t16-/m1/s1. The molecule has 7 heteroatoms. The summed E-state index contributed by atoms with van der Waals surface area (Å²) in [7, 11) is 1.63. The van der Waals surface area contributed by atoms with E-state index in [0.717, 1.165) is 34.5 Å². The Morgan fingerprint density at radius 1 is 1.17 bits per heavy atom. The molecule has 1 amide bonds. The van der Waals surface area contributed by atoms with Crippen molar-refractivity contribution < 1.29 is 9.53 Å². The van der Waals surface area contributed by atoms with Crippen molar-refractivity contribution in [2.24, 2.45) is 0 Å². The van der Waals surface area contributed by atoms with Crippen LogP contribution in [0.4, 0.5) is 0 Å². The smallest absolute Gasteiger partial charge is 0.271 e. The molecule has 0 bridgehead atoms. The molecular weight excluding hydrogens is 366 g/mol. The van der Waals surface area contributed by atoms with Crippen LogP contribution in [0.25, 0.3) is 22.3 Å². The molecular formula is C22H21N5O2. The molecule has 5 rings (SSSR count). The van der Waals surface area contributed by atoms with E-state index in [9.17, 15) is 4.79 Å². The van der Waals surface area contributed by atoms with Gasteiger partial charge in [-0.2, -0.15) is 5.10 Å². The molecule has 1 saturated heterocycles. The van der Waals surface area contributed by atoms with Gasteiger partial charge in [0.25, 0.3) is 5.91 Å². The quantitative estimate of drug-likeness (QED) is 0.581. The number of nitrogens with zero attached hydrogens (tertiary/aromatic N) is 4. The van der Waals surface area contributed by atoms with Crippen LogP contribution >= 0.6 is 0 Å². The normalized spacial score (nSPS) is 16.4. The average molecular weight is 387 g/mol. The van der Waals surface area contributed by atoms with Gasteiger partial charge in [-0.15, -0.1) is 0 Å². The van der Waals surface area contributed by atoms with Crippen molar-refractivity contribution in [3.05, 3.63) is 66.6 Å². The highest BCUT2D eigenvalue weighted by Gasteiger charge is 2.29. The summed E-state index contributed by atoms with van der Waals surface area (Å²) in [5, 5.41) is 7.22. The molecule has 1 N–H and O–H groups in total. The Labute approximate surface area is 167 Å². The van der Waals surface area contributed by atoms with Gasteiger partial charge in [0.15, 0.2) is 0 Å². The maximum absolute atomic E-state index is 13.0. The van der Waals surface area contributed by atoms with Crippen molar-refractivity contribution in [3.8, 4) is 17.0 Å². The molecule has 1 aliphatic heterocycles. The second kappa shape index (κ2) is 7.09. The number of methoxy groups -OCH3 is 1. The number of nitrogens with one attached hydrogen (secondary N) is 1. The van der Waals surface area contributed by atoms with E-state index < -0.39 is 0 Å². The maximum Gasteiger partial charge on any atom is 0.271 e. The van der Waals surface area contributed by atoms with Crippen LogP contribution in [0.5, 0.6) is 5.75 Å². The maximum atomic E-state index is 13.0. The predicted octanol–water partition coefficient (Wildman–Crippen LogP) is 3.52. The van der Waals surface area contributed by atoms with Crippen LogP contribution in [0.1, 0.15) is 23.0 Å². The van der Waals surface area contributed by atoms with E-state index in [-0.39, 0.29) is 11.9 Å². The molecule has 0 aliphatic carbocycles. The van der Waals surface area contributed by atoms with Crippen LogP contribution in [0, 0.1) is 0 Å². The summed E-state index contributed by atoms with van der Waals surface area (Å²) in [4.78, 5) is 19.4. The summed E-state index contributed by atoms with van der Waals surface area (Å²) in [5.41, 5.74) is 4.22. The number of hydrogen-bond acceptors (Lipinski definition) is 4. The number of benzene rings is 2. The number of hydrogen-bond donors (Lipinski definition) is 1. The number of likely N-dealkylation sites (tertiary alicyclic amines) is 1. The van der Waals surface area contributed by atoms with Crippen LogP contribution < -0.4 is 4.74 Å². The van der Waals surface area contributed by atoms with Gasteiger partial charge in [-0.3, -0.25) is 9.89 Å². The Hall–Kier alpha value is -3.61. The van der Waals surface area contributed by atoms with Gasteiger partial charge in [0, 0.05) is 18.7 Å². The highest BCUT2D eigenvalue weighted by molar-refractivity contribution is 5.93. The van der Waals surface area contributed by atoms with Crippen LogP contribution in [0.15, 0.2) is 60.9 Å². The van der Waals surface area contributed by atoms with Gasteiger partial charge < -0.3 is 14.2 Å². The minimum Gasteiger partial charge on any atom is -0.497 e. The fraction of sp³-hybridized carbons (Fsp3) is 0.227. The number of aromatic amines is 1. The molecule has 0 saturated carbocycles. The number of H-pyrrole nitrogens is 1. The molecule has 29 heavy (non-hydrogen) atoms. The van der Waals surface area contributed by atoms with Gasteiger partial charge in [-0.1, -0.05) is 24.3 Å². The van der Waals surface area contributed by atoms with Crippen LogP contribution in [-0.2, 0) is 0 Å². The van der Waals surface area contributed by atoms with Crippen molar-refractivity contribution in [3.63, 3.8) is 0 Å². The summed E-state index contributed by atoms with van der Waals surface area (Å²) >= 11 is 0. The summed E-state index contributed by atoms with van der Waals surface area (Å²) < 4.78 is 7.45. The molecule has 0 radical (unpaired) electrons. The van der Waals surface area contributed by atoms with Crippen molar-refractivity contribution in [2.45, 2.75) is 12.5 Å². The van der Waals surface area contributed by atoms with Gasteiger partial charge in [0.05, 0.1) is 36.2 Å². The van der Waals surface area contributed by atoms with Gasteiger partial charge in [0.1, 0.15) is 11.4 Å². The van der Waals surface area contributed by atoms with E-state index in [1.165, 1.54) is 0 Å². The summed E-state index contributed by atoms with van der Waals surface area (Å²) in [6.07, 6.45) is 2.78. The third kappa shape index (κ3) is 3.14. The zero-order chi connectivity index (χ0) is 19.8. The fourth-order valence-corrected chi connectivity index (χ4v) is 3.95. The van der Waals surface area contributed by atoms with Gasteiger partial charge in [-0.25, -0.2) is 4.98 Å². The molecule has 0 unspecified atom stereocenters. The SMILES string of the molecule is COc1cccc(-c2cc(C(=O)N3CC[C@@H](n4cnc5ccccc54)C3)[nH]n2)c1. The second-order valence-corrected chi connectivity index (χ2v) is 7.23. The molecule has 146 valence electrons. The number of carbonyl (C=O) groups excluding carboxylic acids is 1. The first kappa shape index (κ1) is 17.5. The number of para-hydroxylation sites is 2. The van der Waals surface area contributed by atoms with Gasteiger partial charge >= 0.3 is 0 Å². The number of imidazole rings is 1. The monoisotopic (exact) mass is 387 g/mol. The molecule has 3 heterocycles. The number of aromatic nitrogens is 4. The average Bonchev–Trinajstić information content (AvgIpc) is 3.52. The van der Waals surface area contributed by atoms with Crippen molar-refractivity contribution in [1.82, 2.24) is 24.6 Å². The van der Waals surface area contributed by atoms with E-state index in [2.05, 4.69) is 25.8 Å². The third-order valence-corrected chi connectivity index (χ3v) is 5.50. The van der Waals surface area contributed by atoms with Crippen molar-refractivity contribution >= 4 is 16.9 Å². The Morgan fingerprint density at radius 3 is 2.97 bits per heavy atom. The highest BCUT2D eigenvalue weighted by atomic mass is 16.5. The Balaban J connectivity index is 1.33. The summed E-state index contributed by atoms with van der Waals surface area (Å²) in [6.45, 7) is 1.37. The molecule has 2 aromatic carbocycles. The lowest BCUT2D eigenvalue weighted by Gasteiger charge is -2.16. The lowest BCUT2D eigenvalue weighted by molar-refractivity contribution is 0.0782. The number of rotatable bonds is 4. The Kier molecular flexibility index (Phi) is 4.27. The molecule has 4 aromatic rings. The van der Waals surface area contributed by atoms with E-state index in [1.807, 2.05) is 53.7 Å². The zero-order valence-corrected chi connectivity index (χ0v) is 16.1. The molecule has 1 atom stereocenters. The number of amides is 1. The van der Waals surface area contributed by atoms with E-state index >= 15 is 0 Å². The Bertz CT molecular complexity index is 1180. The molecule has 1 aliphatic rings. The Morgan fingerprint density at radius 2 is 2.07 bits per heavy atom. The van der Waals surface area contributed by atoms with Crippen LogP contribution in [-0.4, -0.2) is 50.8 Å². The molecule has 1 fully saturated rings. The topological polar surface area (TPSA) is 76.0 Å². The van der Waals surface area contributed by atoms with Crippen LogP contribution in [0.2, 0.25) is 0 Å². The largest absolute Gasteiger partial charge is 0.497 e. The molecule has 0 spiro atoms. The lowest BCUT2D eigenvalue weighted by Crippen LogP contribution is -2.29. The number of fused-ring (bicyclic) bond motifs is 1. The number of carbonyl (C=O) groups is 1. The zero-order valence-electron chi connectivity index (χ0n) is 16.1. The van der Waals surface area contributed by atoms with Crippen LogP contribution in [0.3, 0.4) is 0 Å². The van der Waals surface area contributed by atoms with E-state index in [0.29, 0.717) is 18.8 Å². The lowest BCUT2D eigenvalue weighted by atomic mass is 10.1. The fourth-order valence-electron chi connectivity index (χ4n) is 3.95. The minimum absolute atomic E-state index is 0.0291. The molecule has 2 aromatic heterocycles. The predicted molar refractivity (Wildman–Crippen MR) is 110 cm³/mol. The van der Waals surface area contributed by atoms with Crippen molar-refractivity contribution in [1.29, 1.82) is 0 Å². The second-order valence-electron chi connectivity index (χ2n) is 7.23. The van der Waals surface area contributed by atoms with E-state index in [4.69, 9.17) is 4.74 Å². The first-order valence-corrected chi connectivity index (χ1v) is 9.63. The number of ether oxygens (including phenoxy) is 1. The first-order valence-electron chi connectivity index (χ1n) is 9.63. The van der Waals surface area contributed by atoms with Gasteiger partial charge in [0.2, 0.25) is 0 Å². The highest BCUT2D eigenvalue weighted by Crippen LogP contribution is 2.28. The summed E-state index contributed by atoms with van der Waals surface area (Å²) in [5.74, 6) is 0.729. The first-order chi connectivity index (χ1) is 14.2. The third-order valence-electron chi connectivity index (χ3n) is 5.50. The van der Waals surface area contributed by atoms with E-state index in [1.54, 1.807) is 13.2 Å². The van der Waals surface area contributed by atoms with Crippen molar-refractivity contribution in [2.75, 3.05) is 20.2 Å². The molecule has 7 nitrogen and oxygen atoms in total. The minimum atomic E-state index is -0.0291. The summed E-state index contributed by atoms with van der Waals surface area (Å²) in [6, 6.07) is 17.8. The van der Waals surface area contributed by atoms with Gasteiger partial charge in [-0.05, 0) is 36.8 Å².